The number of para-hydroxylation sites is 1. The average molecular weight is 415 g/mol. The van der Waals surface area contributed by atoms with E-state index in [1.807, 2.05) is 35.8 Å². The van der Waals surface area contributed by atoms with Crippen LogP contribution in [0.15, 0.2) is 42.1 Å². The maximum atomic E-state index is 12.8. The van der Waals surface area contributed by atoms with Crippen molar-refractivity contribution in [2.24, 2.45) is 5.92 Å². The molecule has 3 rings (SSSR count). The number of carbonyl (C=O) groups excluding carboxylic acids is 1. The van der Waals surface area contributed by atoms with Gasteiger partial charge in [0.15, 0.2) is 11.0 Å². The minimum Gasteiger partial charge on any atom is -0.496 e. The van der Waals surface area contributed by atoms with Crippen molar-refractivity contribution in [3.63, 3.8) is 0 Å². The van der Waals surface area contributed by atoms with Gasteiger partial charge in [0.2, 0.25) is 5.91 Å². The van der Waals surface area contributed by atoms with Crippen LogP contribution in [0.1, 0.15) is 39.5 Å². The van der Waals surface area contributed by atoms with E-state index in [0.29, 0.717) is 23.4 Å². The number of ether oxygens (including phenoxy) is 1. The molecule has 156 valence electrons. The third-order valence-corrected chi connectivity index (χ3v) is 6.55. The molecule has 0 unspecified atom stereocenters. The number of hydrogen-bond acceptors (Lipinski definition) is 5. The van der Waals surface area contributed by atoms with E-state index in [0.717, 1.165) is 17.7 Å². The summed E-state index contributed by atoms with van der Waals surface area (Å²) in [5.41, 5.74) is 0.865. The van der Waals surface area contributed by atoms with Crippen molar-refractivity contribution >= 4 is 17.7 Å². The lowest BCUT2D eigenvalue weighted by Crippen LogP contribution is -2.44. The second-order valence-electron chi connectivity index (χ2n) is 7.54. The SMILES string of the molecule is C=CCn1c(S[C@H](C)C(=O)N[C@H]2CCCC[C@@H]2C)nnc1-c1ccccc1OC. The number of amides is 1. The second-order valence-corrected chi connectivity index (χ2v) is 8.85. The second kappa shape index (κ2) is 9.96. The smallest absolute Gasteiger partial charge is 0.233 e. The number of rotatable bonds is 8. The zero-order valence-corrected chi connectivity index (χ0v) is 18.2. The molecule has 1 aromatic heterocycles. The standard InChI is InChI=1S/C22H30N4O2S/c1-5-14-26-20(17-11-7-9-13-19(17)28-4)24-25-22(26)29-16(3)21(27)23-18-12-8-6-10-15(18)2/h5,7,9,11,13,15-16,18H,1,6,8,10,12,14H2,2-4H3,(H,23,27)/t15-,16+,18-/m0/s1. The molecule has 0 radical (unpaired) electrons. The van der Waals surface area contributed by atoms with E-state index in [9.17, 15) is 4.79 Å². The first-order valence-electron chi connectivity index (χ1n) is 10.2. The predicted molar refractivity (Wildman–Crippen MR) is 117 cm³/mol. The molecule has 0 bridgehead atoms. The molecule has 7 heteroatoms. The molecule has 1 amide bonds. The van der Waals surface area contributed by atoms with Crippen molar-refractivity contribution in [1.29, 1.82) is 0 Å². The minimum atomic E-state index is -0.262. The molecule has 3 atom stereocenters. The predicted octanol–water partition coefficient (Wildman–Crippen LogP) is 4.32. The van der Waals surface area contributed by atoms with E-state index in [1.54, 1.807) is 13.2 Å². The molecule has 0 saturated heterocycles. The van der Waals surface area contributed by atoms with Crippen LogP contribution in [-0.2, 0) is 11.3 Å². The van der Waals surface area contributed by atoms with E-state index in [-0.39, 0.29) is 17.2 Å². The summed E-state index contributed by atoms with van der Waals surface area (Å²) in [6.45, 7) is 8.55. The molecular formula is C22H30N4O2S. The number of nitrogens with zero attached hydrogens (tertiary/aromatic N) is 3. The third-order valence-electron chi connectivity index (χ3n) is 5.47. The van der Waals surface area contributed by atoms with Crippen LogP contribution in [0.4, 0.5) is 0 Å². The summed E-state index contributed by atoms with van der Waals surface area (Å²) in [5.74, 6) is 2.03. The van der Waals surface area contributed by atoms with Crippen LogP contribution in [0, 0.1) is 5.92 Å². The van der Waals surface area contributed by atoms with Crippen molar-refractivity contribution in [2.45, 2.75) is 62.5 Å². The number of methoxy groups -OCH3 is 1. The van der Waals surface area contributed by atoms with E-state index in [1.165, 1.54) is 31.0 Å². The summed E-state index contributed by atoms with van der Waals surface area (Å²) in [7, 11) is 1.64. The first kappa shape index (κ1) is 21.4. The summed E-state index contributed by atoms with van der Waals surface area (Å²) >= 11 is 1.43. The Balaban J connectivity index is 1.77. The number of thioether (sulfide) groups is 1. The first-order valence-corrected chi connectivity index (χ1v) is 11.1. The lowest BCUT2D eigenvalue weighted by Gasteiger charge is -2.30. The Kier molecular flexibility index (Phi) is 7.36. The molecule has 0 aliphatic heterocycles. The van der Waals surface area contributed by atoms with Gasteiger partial charge < -0.3 is 10.1 Å². The first-order chi connectivity index (χ1) is 14.0. The number of allylic oxidation sites excluding steroid dienone is 1. The molecule has 1 aromatic carbocycles. The molecule has 0 spiro atoms. The zero-order chi connectivity index (χ0) is 20.8. The number of carbonyl (C=O) groups is 1. The lowest BCUT2D eigenvalue weighted by molar-refractivity contribution is -0.121. The Hall–Kier alpha value is -2.28. The minimum absolute atomic E-state index is 0.0562. The van der Waals surface area contributed by atoms with E-state index in [2.05, 4.69) is 29.0 Å². The van der Waals surface area contributed by atoms with Crippen LogP contribution in [0.2, 0.25) is 0 Å². The third kappa shape index (κ3) is 5.01. The van der Waals surface area contributed by atoms with Crippen molar-refractivity contribution in [3.8, 4) is 17.1 Å². The van der Waals surface area contributed by atoms with Crippen molar-refractivity contribution < 1.29 is 9.53 Å². The Morgan fingerprint density at radius 3 is 2.86 bits per heavy atom. The summed E-state index contributed by atoms with van der Waals surface area (Å²) in [5, 5.41) is 12.4. The molecule has 1 N–H and O–H groups in total. The number of hydrogen-bond donors (Lipinski definition) is 1. The summed E-state index contributed by atoms with van der Waals surface area (Å²) < 4.78 is 7.45. The van der Waals surface area contributed by atoms with Crippen molar-refractivity contribution in [3.05, 3.63) is 36.9 Å². The lowest BCUT2D eigenvalue weighted by atomic mass is 9.86. The Morgan fingerprint density at radius 1 is 1.38 bits per heavy atom. The van der Waals surface area contributed by atoms with Crippen molar-refractivity contribution in [2.75, 3.05) is 7.11 Å². The number of benzene rings is 1. The van der Waals surface area contributed by atoms with Crippen LogP contribution in [0.3, 0.4) is 0 Å². The highest BCUT2D eigenvalue weighted by Gasteiger charge is 2.26. The Labute approximate surface area is 177 Å². The maximum Gasteiger partial charge on any atom is 0.233 e. The fraction of sp³-hybridized carbons (Fsp3) is 0.500. The van der Waals surface area contributed by atoms with Gasteiger partial charge in [0.1, 0.15) is 5.75 Å². The summed E-state index contributed by atoms with van der Waals surface area (Å²) in [6.07, 6.45) is 6.50. The van der Waals surface area contributed by atoms with E-state index in [4.69, 9.17) is 4.74 Å². The fourth-order valence-electron chi connectivity index (χ4n) is 3.74. The highest BCUT2D eigenvalue weighted by Crippen LogP contribution is 2.32. The van der Waals surface area contributed by atoms with E-state index >= 15 is 0 Å². The zero-order valence-electron chi connectivity index (χ0n) is 17.4. The average Bonchev–Trinajstić information content (AvgIpc) is 3.12. The van der Waals surface area contributed by atoms with Crippen LogP contribution in [-0.4, -0.2) is 39.1 Å². The van der Waals surface area contributed by atoms with Crippen LogP contribution >= 0.6 is 11.8 Å². The highest BCUT2D eigenvalue weighted by atomic mass is 32.2. The molecule has 1 heterocycles. The molecular weight excluding hydrogens is 384 g/mol. The van der Waals surface area contributed by atoms with Gasteiger partial charge in [-0.2, -0.15) is 0 Å². The number of aromatic nitrogens is 3. The van der Waals surface area contributed by atoms with Gasteiger partial charge in [0, 0.05) is 12.6 Å². The molecule has 29 heavy (non-hydrogen) atoms. The topological polar surface area (TPSA) is 69.0 Å². The monoisotopic (exact) mass is 414 g/mol. The molecule has 1 fully saturated rings. The van der Waals surface area contributed by atoms with Gasteiger partial charge in [0.05, 0.1) is 17.9 Å². The molecule has 1 aliphatic rings. The maximum absolute atomic E-state index is 12.8. The van der Waals surface area contributed by atoms with Gasteiger partial charge in [-0.25, -0.2) is 0 Å². The van der Waals surface area contributed by atoms with Crippen molar-refractivity contribution in [1.82, 2.24) is 20.1 Å². The fourth-order valence-corrected chi connectivity index (χ4v) is 4.61. The molecule has 1 aliphatic carbocycles. The van der Waals surface area contributed by atoms with Gasteiger partial charge in [-0.05, 0) is 37.8 Å². The quantitative estimate of drug-likeness (QED) is 0.515. The summed E-state index contributed by atoms with van der Waals surface area (Å²) in [4.78, 5) is 12.8. The van der Waals surface area contributed by atoms with E-state index < -0.39 is 0 Å². The molecule has 6 nitrogen and oxygen atoms in total. The Bertz CT molecular complexity index is 851. The van der Waals surface area contributed by atoms with Crippen LogP contribution in [0.5, 0.6) is 5.75 Å². The van der Waals surface area contributed by atoms with Gasteiger partial charge in [-0.3, -0.25) is 9.36 Å². The largest absolute Gasteiger partial charge is 0.496 e. The summed E-state index contributed by atoms with van der Waals surface area (Å²) in [6, 6.07) is 7.99. The van der Waals surface area contributed by atoms with Gasteiger partial charge in [-0.1, -0.05) is 49.7 Å². The highest BCUT2D eigenvalue weighted by molar-refractivity contribution is 8.00. The van der Waals surface area contributed by atoms with Crippen LogP contribution < -0.4 is 10.1 Å². The van der Waals surface area contributed by atoms with Crippen LogP contribution in [0.25, 0.3) is 11.4 Å². The van der Waals surface area contributed by atoms with Gasteiger partial charge >= 0.3 is 0 Å². The Morgan fingerprint density at radius 2 is 2.14 bits per heavy atom. The molecule has 1 saturated carbocycles. The molecule has 2 aromatic rings. The normalized spacial score (nSPS) is 20.1. The van der Waals surface area contributed by atoms with Gasteiger partial charge in [-0.15, -0.1) is 16.8 Å². The van der Waals surface area contributed by atoms with Gasteiger partial charge in [0.25, 0.3) is 0 Å². The number of nitrogens with one attached hydrogen (secondary N) is 1.